The Hall–Kier alpha value is -1.40. The van der Waals surface area contributed by atoms with Crippen LogP contribution in [0.4, 0.5) is 11.6 Å². The third-order valence-electron chi connectivity index (χ3n) is 4.34. The molecule has 0 atom stereocenters. The first-order valence-electron chi connectivity index (χ1n) is 7.88. The first-order valence-corrected chi connectivity index (χ1v) is 7.88. The molecule has 0 amide bonds. The molecule has 0 aliphatic carbocycles. The van der Waals surface area contributed by atoms with Crippen LogP contribution in [0.15, 0.2) is 12.4 Å². The minimum atomic E-state index is 0.626. The SMILES string of the molecule is CC(C)N1CCN(c2cc(N3CCOCC3)ncn2)CC1. The van der Waals surface area contributed by atoms with Crippen LogP contribution >= 0.6 is 0 Å². The number of morpholine rings is 1. The summed E-state index contributed by atoms with van der Waals surface area (Å²) >= 11 is 0. The lowest BCUT2D eigenvalue weighted by Gasteiger charge is -2.37. The Morgan fingerprint density at radius 1 is 0.905 bits per heavy atom. The molecule has 0 radical (unpaired) electrons. The van der Waals surface area contributed by atoms with Gasteiger partial charge < -0.3 is 14.5 Å². The number of piperazine rings is 1. The summed E-state index contributed by atoms with van der Waals surface area (Å²) in [7, 11) is 0. The van der Waals surface area contributed by atoms with E-state index in [4.69, 9.17) is 4.74 Å². The molecular weight excluding hydrogens is 266 g/mol. The van der Waals surface area contributed by atoms with Crippen LogP contribution < -0.4 is 9.80 Å². The molecule has 21 heavy (non-hydrogen) atoms. The van der Waals surface area contributed by atoms with E-state index in [0.717, 1.165) is 64.1 Å². The van der Waals surface area contributed by atoms with E-state index in [1.165, 1.54) is 0 Å². The molecule has 0 aromatic carbocycles. The molecule has 0 spiro atoms. The van der Waals surface area contributed by atoms with Crippen molar-refractivity contribution in [2.75, 3.05) is 62.3 Å². The van der Waals surface area contributed by atoms with Gasteiger partial charge in [0.2, 0.25) is 0 Å². The van der Waals surface area contributed by atoms with Gasteiger partial charge in [-0.05, 0) is 13.8 Å². The number of nitrogens with zero attached hydrogens (tertiary/aromatic N) is 5. The molecule has 2 aliphatic heterocycles. The average molecular weight is 291 g/mol. The van der Waals surface area contributed by atoms with E-state index in [9.17, 15) is 0 Å². The van der Waals surface area contributed by atoms with Crippen molar-refractivity contribution in [3.63, 3.8) is 0 Å². The van der Waals surface area contributed by atoms with Gasteiger partial charge in [0.15, 0.2) is 0 Å². The van der Waals surface area contributed by atoms with Crippen molar-refractivity contribution >= 4 is 11.6 Å². The highest BCUT2D eigenvalue weighted by Crippen LogP contribution is 2.20. The molecule has 2 fully saturated rings. The first kappa shape index (κ1) is 14.5. The predicted molar refractivity (Wildman–Crippen MR) is 84.0 cm³/mol. The molecule has 0 N–H and O–H groups in total. The maximum Gasteiger partial charge on any atom is 0.134 e. The highest BCUT2D eigenvalue weighted by molar-refractivity contribution is 5.50. The molecule has 116 valence electrons. The number of aromatic nitrogens is 2. The van der Waals surface area contributed by atoms with Crippen molar-refractivity contribution in [3.8, 4) is 0 Å². The Morgan fingerprint density at radius 2 is 1.48 bits per heavy atom. The summed E-state index contributed by atoms with van der Waals surface area (Å²) in [5, 5.41) is 0. The van der Waals surface area contributed by atoms with Crippen LogP contribution in [0.1, 0.15) is 13.8 Å². The molecule has 3 heterocycles. The van der Waals surface area contributed by atoms with Gasteiger partial charge >= 0.3 is 0 Å². The van der Waals surface area contributed by atoms with E-state index in [1.807, 2.05) is 0 Å². The van der Waals surface area contributed by atoms with Gasteiger partial charge in [-0.1, -0.05) is 0 Å². The van der Waals surface area contributed by atoms with Crippen LogP contribution in [0.3, 0.4) is 0 Å². The number of rotatable bonds is 3. The van der Waals surface area contributed by atoms with Crippen LogP contribution in [-0.2, 0) is 4.74 Å². The van der Waals surface area contributed by atoms with Crippen molar-refractivity contribution in [3.05, 3.63) is 12.4 Å². The second-order valence-electron chi connectivity index (χ2n) is 5.95. The average Bonchev–Trinajstić information content (AvgIpc) is 2.56. The van der Waals surface area contributed by atoms with E-state index in [2.05, 4.69) is 44.6 Å². The molecule has 1 aromatic heterocycles. The molecular formula is C15H25N5O. The Balaban J connectivity index is 1.66. The Kier molecular flexibility index (Phi) is 4.55. The highest BCUT2D eigenvalue weighted by atomic mass is 16.5. The Labute approximate surface area is 126 Å². The van der Waals surface area contributed by atoms with Gasteiger partial charge in [-0.2, -0.15) is 0 Å². The van der Waals surface area contributed by atoms with Gasteiger partial charge in [0, 0.05) is 51.4 Å². The topological polar surface area (TPSA) is 44.7 Å². The summed E-state index contributed by atoms with van der Waals surface area (Å²) in [5.74, 6) is 2.07. The molecule has 1 aromatic rings. The quantitative estimate of drug-likeness (QED) is 0.822. The zero-order valence-electron chi connectivity index (χ0n) is 13.0. The fourth-order valence-corrected chi connectivity index (χ4v) is 2.94. The van der Waals surface area contributed by atoms with E-state index in [1.54, 1.807) is 6.33 Å². The Morgan fingerprint density at radius 3 is 2.05 bits per heavy atom. The lowest BCUT2D eigenvalue weighted by Crippen LogP contribution is -2.49. The van der Waals surface area contributed by atoms with Crippen LogP contribution in [0, 0.1) is 0 Å². The smallest absolute Gasteiger partial charge is 0.134 e. The van der Waals surface area contributed by atoms with Gasteiger partial charge in [-0.15, -0.1) is 0 Å². The molecule has 3 rings (SSSR count). The molecule has 6 nitrogen and oxygen atoms in total. The number of ether oxygens (including phenoxy) is 1. The maximum absolute atomic E-state index is 5.40. The Bertz CT molecular complexity index is 453. The molecule has 0 unspecified atom stereocenters. The van der Waals surface area contributed by atoms with E-state index >= 15 is 0 Å². The molecule has 6 heteroatoms. The van der Waals surface area contributed by atoms with Gasteiger partial charge in [-0.25, -0.2) is 9.97 Å². The number of anilines is 2. The van der Waals surface area contributed by atoms with Gasteiger partial charge in [0.05, 0.1) is 13.2 Å². The van der Waals surface area contributed by atoms with Gasteiger partial charge in [0.1, 0.15) is 18.0 Å². The summed E-state index contributed by atoms with van der Waals surface area (Å²) in [6.45, 7) is 12.2. The van der Waals surface area contributed by atoms with E-state index < -0.39 is 0 Å². The fourth-order valence-electron chi connectivity index (χ4n) is 2.94. The van der Waals surface area contributed by atoms with Crippen molar-refractivity contribution in [1.29, 1.82) is 0 Å². The summed E-state index contributed by atoms with van der Waals surface area (Å²) in [4.78, 5) is 16.0. The van der Waals surface area contributed by atoms with E-state index in [-0.39, 0.29) is 0 Å². The van der Waals surface area contributed by atoms with Crippen molar-refractivity contribution in [2.24, 2.45) is 0 Å². The third-order valence-corrected chi connectivity index (χ3v) is 4.34. The van der Waals surface area contributed by atoms with Crippen LogP contribution in [-0.4, -0.2) is 73.4 Å². The van der Waals surface area contributed by atoms with Gasteiger partial charge in [0.25, 0.3) is 0 Å². The van der Waals surface area contributed by atoms with E-state index in [0.29, 0.717) is 6.04 Å². The standard InChI is InChI=1S/C15H25N5O/c1-13(2)18-3-5-19(6-4-18)14-11-15(17-12-16-14)20-7-9-21-10-8-20/h11-13H,3-10H2,1-2H3. The summed E-state index contributed by atoms with van der Waals surface area (Å²) < 4.78 is 5.40. The van der Waals surface area contributed by atoms with Crippen molar-refractivity contribution < 1.29 is 4.74 Å². The predicted octanol–water partition coefficient (Wildman–Crippen LogP) is 0.844. The fraction of sp³-hybridized carbons (Fsp3) is 0.733. The lowest BCUT2D eigenvalue weighted by atomic mass is 10.2. The molecule has 0 bridgehead atoms. The second kappa shape index (κ2) is 6.58. The van der Waals surface area contributed by atoms with Crippen molar-refractivity contribution in [2.45, 2.75) is 19.9 Å². The third kappa shape index (κ3) is 3.44. The number of hydrogen-bond donors (Lipinski definition) is 0. The lowest BCUT2D eigenvalue weighted by molar-refractivity contribution is 0.122. The summed E-state index contributed by atoms with van der Waals surface area (Å²) in [5.41, 5.74) is 0. The minimum Gasteiger partial charge on any atom is -0.378 e. The zero-order valence-corrected chi connectivity index (χ0v) is 13.0. The summed E-state index contributed by atoms with van der Waals surface area (Å²) in [6.07, 6.45) is 1.69. The summed E-state index contributed by atoms with van der Waals surface area (Å²) in [6, 6.07) is 2.75. The van der Waals surface area contributed by atoms with Gasteiger partial charge in [-0.3, -0.25) is 4.90 Å². The maximum atomic E-state index is 5.40. The number of hydrogen-bond acceptors (Lipinski definition) is 6. The second-order valence-corrected chi connectivity index (χ2v) is 5.95. The largest absolute Gasteiger partial charge is 0.378 e. The van der Waals surface area contributed by atoms with Crippen LogP contribution in [0.5, 0.6) is 0 Å². The first-order chi connectivity index (χ1) is 10.2. The molecule has 2 saturated heterocycles. The highest BCUT2D eigenvalue weighted by Gasteiger charge is 2.21. The van der Waals surface area contributed by atoms with Crippen LogP contribution in [0.25, 0.3) is 0 Å². The zero-order chi connectivity index (χ0) is 14.7. The van der Waals surface area contributed by atoms with Crippen LogP contribution in [0.2, 0.25) is 0 Å². The minimum absolute atomic E-state index is 0.626. The molecule has 0 saturated carbocycles. The normalized spacial score (nSPS) is 21.1. The molecule has 2 aliphatic rings. The van der Waals surface area contributed by atoms with Crippen molar-refractivity contribution in [1.82, 2.24) is 14.9 Å². The monoisotopic (exact) mass is 291 g/mol.